The van der Waals surface area contributed by atoms with Gasteiger partial charge in [0, 0.05) is 6.54 Å². The van der Waals surface area contributed by atoms with E-state index in [0.29, 0.717) is 32.4 Å². The van der Waals surface area contributed by atoms with Crippen LogP contribution in [0.1, 0.15) is 26.2 Å². The molecular weight excluding hydrogens is 198 g/mol. The van der Waals surface area contributed by atoms with Crippen molar-refractivity contribution in [2.24, 2.45) is 5.73 Å². The fourth-order valence-corrected chi connectivity index (χ4v) is 1.06. The average Bonchev–Trinajstić information content (AvgIpc) is 2.17. The third-order valence-electron chi connectivity index (χ3n) is 1.85. The molecule has 0 aromatic carbocycles. The second-order valence-electron chi connectivity index (χ2n) is 3.22. The zero-order valence-corrected chi connectivity index (χ0v) is 8.95. The number of carbonyl (C=O) groups excluding carboxylic acids is 1. The molecule has 5 N–H and O–H groups in total. The second kappa shape index (κ2) is 8.05. The summed E-state index contributed by atoms with van der Waals surface area (Å²) in [6, 6.07) is -1.27. The van der Waals surface area contributed by atoms with Crippen LogP contribution in [0.3, 0.4) is 0 Å². The normalized spacial score (nSPS) is 11.9. The number of aliphatic carboxylic acids is 1. The van der Waals surface area contributed by atoms with Crippen LogP contribution in [0.4, 0.5) is 4.79 Å². The van der Waals surface area contributed by atoms with Gasteiger partial charge in [0.25, 0.3) is 0 Å². The van der Waals surface area contributed by atoms with E-state index in [0.717, 1.165) is 0 Å². The average molecular weight is 217 g/mol. The van der Waals surface area contributed by atoms with Gasteiger partial charge in [0.1, 0.15) is 6.04 Å². The number of carbonyl (C=O) groups is 2. The number of nitrogens with one attached hydrogen (secondary N) is 2. The molecule has 0 radical (unpaired) electrons. The Labute approximate surface area is 89.2 Å². The van der Waals surface area contributed by atoms with Crippen molar-refractivity contribution in [1.29, 1.82) is 0 Å². The molecule has 0 heterocycles. The first kappa shape index (κ1) is 13.7. The third-order valence-corrected chi connectivity index (χ3v) is 1.85. The first-order valence-electron chi connectivity index (χ1n) is 5.09. The molecule has 6 heteroatoms. The highest BCUT2D eigenvalue weighted by Gasteiger charge is 2.17. The summed E-state index contributed by atoms with van der Waals surface area (Å²) in [5.74, 6) is -1.01. The standard InChI is InChI=1S/C9H19N3O3/c1-2-4-7(8(13)14)12-9(15)11-6-3-5-10/h7H,2-6,10H2,1H3,(H,13,14)(H2,11,12,15)/t7-/m1/s1. The third kappa shape index (κ3) is 6.73. The van der Waals surface area contributed by atoms with Gasteiger partial charge in [-0.1, -0.05) is 13.3 Å². The topological polar surface area (TPSA) is 104 Å². The fraction of sp³-hybridized carbons (Fsp3) is 0.778. The Morgan fingerprint density at radius 2 is 2.13 bits per heavy atom. The summed E-state index contributed by atoms with van der Waals surface area (Å²) in [6.07, 6.45) is 1.82. The van der Waals surface area contributed by atoms with E-state index in [4.69, 9.17) is 10.8 Å². The van der Waals surface area contributed by atoms with Crippen LogP contribution >= 0.6 is 0 Å². The summed E-state index contributed by atoms with van der Waals surface area (Å²) < 4.78 is 0. The smallest absolute Gasteiger partial charge is 0.326 e. The van der Waals surface area contributed by atoms with E-state index in [-0.39, 0.29) is 0 Å². The minimum Gasteiger partial charge on any atom is -0.480 e. The molecule has 0 fully saturated rings. The van der Waals surface area contributed by atoms with Crippen molar-refractivity contribution in [3.63, 3.8) is 0 Å². The number of nitrogens with two attached hydrogens (primary N) is 1. The molecule has 15 heavy (non-hydrogen) atoms. The Hall–Kier alpha value is -1.30. The van der Waals surface area contributed by atoms with Gasteiger partial charge in [-0.25, -0.2) is 9.59 Å². The van der Waals surface area contributed by atoms with Crippen molar-refractivity contribution in [1.82, 2.24) is 10.6 Å². The Bertz CT molecular complexity index is 209. The van der Waals surface area contributed by atoms with Crippen LogP contribution in [0.15, 0.2) is 0 Å². The number of carboxylic acid groups (broad SMARTS) is 1. The van der Waals surface area contributed by atoms with Crippen LogP contribution in [-0.4, -0.2) is 36.2 Å². The van der Waals surface area contributed by atoms with Gasteiger partial charge in [0.05, 0.1) is 0 Å². The van der Waals surface area contributed by atoms with Gasteiger partial charge in [-0.15, -0.1) is 0 Å². The molecule has 88 valence electrons. The van der Waals surface area contributed by atoms with Crippen molar-refractivity contribution in [2.45, 2.75) is 32.2 Å². The molecule has 0 aliphatic carbocycles. The van der Waals surface area contributed by atoms with Gasteiger partial charge in [-0.2, -0.15) is 0 Å². The summed E-state index contributed by atoms with van der Waals surface area (Å²) in [5.41, 5.74) is 5.25. The Balaban J connectivity index is 3.84. The van der Waals surface area contributed by atoms with E-state index in [2.05, 4.69) is 10.6 Å². The van der Waals surface area contributed by atoms with E-state index < -0.39 is 18.0 Å². The summed E-state index contributed by atoms with van der Waals surface area (Å²) in [6.45, 7) is 2.82. The van der Waals surface area contributed by atoms with E-state index in [1.807, 2.05) is 6.92 Å². The molecule has 0 aromatic rings. The summed E-state index contributed by atoms with van der Waals surface area (Å²) in [4.78, 5) is 21.9. The highest BCUT2D eigenvalue weighted by molar-refractivity contribution is 5.82. The largest absolute Gasteiger partial charge is 0.480 e. The number of carboxylic acids is 1. The molecule has 0 aliphatic rings. The number of rotatable bonds is 7. The van der Waals surface area contributed by atoms with E-state index in [9.17, 15) is 9.59 Å². The van der Waals surface area contributed by atoms with Crippen LogP contribution in [-0.2, 0) is 4.79 Å². The van der Waals surface area contributed by atoms with Gasteiger partial charge in [0.2, 0.25) is 0 Å². The van der Waals surface area contributed by atoms with Crippen LogP contribution < -0.4 is 16.4 Å². The Morgan fingerprint density at radius 3 is 2.60 bits per heavy atom. The maximum atomic E-state index is 11.2. The van der Waals surface area contributed by atoms with Crippen molar-refractivity contribution in [3.8, 4) is 0 Å². The summed E-state index contributed by atoms with van der Waals surface area (Å²) in [5, 5.41) is 13.7. The van der Waals surface area contributed by atoms with Crippen LogP contribution in [0.5, 0.6) is 0 Å². The molecule has 0 unspecified atom stereocenters. The monoisotopic (exact) mass is 217 g/mol. The maximum Gasteiger partial charge on any atom is 0.326 e. The van der Waals surface area contributed by atoms with Gasteiger partial charge < -0.3 is 21.5 Å². The van der Waals surface area contributed by atoms with E-state index in [1.165, 1.54) is 0 Å². The number of urea groups is 1. The highest BCUT2D eigenvalue weighted by atomic mass is 16.4. The molecule has 2 amide bonds. The lowest BCUT2D eigenvalue weighted by molar-refractivity contribution is -0.139. The minimum atomic E-state index is -1.01. The summed E-state index contributed by atoms with van der Waals surface area (Å²) >= 11 is 0. The first-order valence-corrected chi connectivity index (χ1v) is 5.09. The van der Waals surface area contributed by atoms with E-state index >= 15 is 0 Å². The molecule has 0 aromatic heterocycles. The fourth-order valence-electron chi connectivity index (χ4n) is 1.06. The van der Waals surface area contributed by atoms with E-state index in [1.54, 1.807) is 0 Å². The second-order valence-corrected chi connectivity index (χ2v) is 3.22. The Morgan fingerprint density at radius 1 is 1.47 bits per heavy atom. The summed E-state index contributed by atoms with van der Waals surface area (Å²) in [7, 11) is 0. The molecule has 6 nitrogen and oxygen atoms in total. The molecule has 0 bridgehead atoms. The number of hydrogen-bond acceptors (Lipinski definition) is 3. The Kier molecular flexibility index (Phi) is 7.35. The highest BCUT2D eigenvalue weighted by Crippen LogP contribution is 1.96. The zero-order chi connectivity index (χ0) is 11.7. The molecule has 0 aliphatic heterocycles. The first-order chi connectivity index (χ1) is 7.11. The molecular formula is C9H19N3O3. The zero-order valence-electron chi connectivity index (χ0n) is 8.95. The predicted octanol–water partition coefficient (Wildman–Crippen LogP) is -0.112. The quantitative estimate of drug-likeness (QED) is 0.446. The SMILES string of the molecule is CCC[C@@H](NC(=O)NCCCN)C(=O)O. The molecule has 0 spiro atoms. The lowest BCUT2D eigenvalue weighted by Crippen LogP contribution is -2.46. The lowest BCUT2D eigenvalue weighted by atomic mass is 10.2. The van der Waals surface area contributed by atoms with Gasteiger partial charge in [-0.3, -0.25) is 0 Å². The maximum absolute atomic E-state index is 11.2. The van der Waals surface area contributed by atoms with Crippen molar-refractivity contribution >= 4 is 12.0 Å². The van der Waals surface area contributed by atoms with Crippen molar-refractivity contribution in [3.05, 3.63) is 0 Å². The molecule has 1 atom stereocenters. The van der Waals surface area contributed by atoms with Gasteiger partial charge in [-0.05, 0) is 19.4 Å². The number of amides is 2. The van der Waals surface area contributed by atoms with Crippen LogP contribution in [0, 0.1) is 0 Å². The van der Waals surface area contributed by atoms with Crippen LogP contribution in [0.25, 0.3) is 0 Å². The van der Waals surface area contributed by atoms with Crippen LogP contribution in [0.2, 0.25) is 0 Å². The lowest BCUT2D eigenvalue weighted by Gasteiger charge is -2.13. The van der Waals surface area contributed by atoms with Crippen molar-refractivity contribution < 1.29 is 14.7 Å². The molecule has 0 rings (SSSR count). The van der Waals surface area contributed by atoms with Crippen molar-refractivity contribution in [2.75, 3.05) is 13.1 Å². The predicted molar refractivity (Wildman–Crippen MR) is 56.5 cm³/mol. The minimum absolute atomic E-state index is 0.430. The van der Waals surface area contributed by atoms with Gasteiger partial charge in [0.15, 0.2) is 0 Å². The number of hydrogen-bond donors (Lipinski definition) is 4. The molecule has 0 saturated carbocycles. The van der Waals surface area contributed by atoms with Gasteiger partial charge >= 0.3 is 12.0 Å². The molecule has 0 saturated heterocycles.